The minimum atomic E-state index is -0.670. The van der Waals surface area contributed by atoms with Crippen molar-refractivity contribution in [3.8, 4) is 11.5 Å². The number of hydrogen-bond donors (Lipinski definition) is 1. The summed E-state index contributed by atoms with van der Waals surface area (Å²) in [6.07, 6.45) is 0. The molecule has 0 spiro atoms. The standard InChI is InChI=1S/C22H21ClN2O6/c1-13-18(14(2)31-25-13)11-29-19-8-7-15(9-20(19)28-3)22(27)30-12-21(26)24-17-6-4-5-16(23)10-17/h4-10H,11-12H2,1-3H3,(H,24,26). The Balaban J connectivity index is 1.59. The van der Waals surface area contributed by atoms with E-state index in [-0.39, 0.29) is 12.2 Å². The van der Waals surface area contributed by atoms with Crippen molar-refractivity contribution >= 4 is 29.2 Å². The molecule has 8 nitrogen and oxygen atoms in total. The second-order valence-electron chi connectivity index (χ2n) is 6.59. The summed E-state index contributed by atoms with van der Waals surface area (Å²) >= 11 is 5.88. The molecule has 1 aromatic heterocycles. The summed E-state index contributed by atoms with van der Waals surface area (Å²) in [4.78, 5) is 24.3. The van der Waals surface area contributed by atoms with Crippen molar-refractivity contribution in [1.29, 1.82) is 0 Å². The molecule has 31 heavy (non-hydrogen) atoms. The van der Waals surface area contributed by atoms with Crippen LogP contribution in [0.3, 0.4) is 0 Å². The average Bonchev–Trinajstić information content (AvgIpc) is 3.07. The SMILES string of the molecule is COc1cc(C(=O)OCC(=O)Nc2cccc(Cl)c2)ccc1OCc1c(C)noc1C. The molecule has 0 unspecified atom stereocenters. The van der Waals surface area contributed by atoms with Crippen molar-refractivity contribution in [2.45, 2.75) is 20.5 Å². The number of anilines is 1. The summed E-state index contributed by atoms with van der Waals surface area (Å²) in [7, 11) is 1.46. The van der Waals surface area contributed by atoms with Crippen LogP contribution in [0, 0.1) is 13.8 Å². The van der Waals surface area contributed by atoms with Crippen molar-refractivity contribution in [1.82, 2.24) is 5.16 Å². The van der Waals surface area contributed by atoms with E-state index in [1.54, 1.807) is 37.3 Å². The zero-order valence-corrected chi connectivity index (χ0v) is 18.0. The molecule has 0 saturated carbocycles. The van der Waals surface area contributed by atoms with E-state index in [0.717, 1.165) is 11.3 Å². The Bertz CT molecular complexity index is 1080. The lowest BCUT2D eigenvalue weighted by atomic mass is 10.2. The molecule has 3 aromatic rings. The van der Waals surface area contributed by atoms with E-state index in [1.165, 1.54) is 19.2 Å². The maximum Gasteiger partial charge on any atom is 0.338 e. The predicted molar refractivity (Wildman–Crippen MR) is 114 cm³/mol. The monoisotopic (exact) mass is 444 g/mol. The van der Waals surface area contributed by atoms with Crippen LogP contribution in [0.5, 0.6) is 11.5 Å². The highest BCUT2D eigenvalue weighted by Crippen LogP contribution is 2.29. The predicted octanol–water partition coefficient (Wildman–Crippen LogP) is 4.33. The Morgan fingerprint density at radius 2 is 1.94 bits per heavy atom. The van der Waals surface area contributed by atoms with E-state index in [9.17, 15) is 9.59 Å². The lowest BCUT2D eigenvalue weighted by Crippen LogP contribution is -2.21. The highest BCUT2D eigenvalue weighted by Gasteiger charge is 2.16. The molecule has 0 radical (unpaired) electrons. The fraction of sp³-hybridized carbons (Fsp3) is 0.227. The van der Waals surface area contributed by atoms with E-state index >= 15 is 0 Å². The van der Waals surface area contributed by atoms with Crippen molar-refractivity contribution in [2.24, 2.45) is 0 Å². The van der Waals surface area contributed by atoms with Crippen molar-refractivity contribution < 1.29 is 28.3 Å². The number of halogens is 1. The number of ether oxygens (including phenoxy) is 3. The first-order valence-corrected chi connectivity index (χ1v) is 9.70. The van der Waals surface area contributed by atoms with Crippen LogP contribution in [0.4, 0.5) is 5.69 Å². The Hall–Kier alpha value is -3.52. The molecule has 1 heterocycles. The largest absolute Gasteiger partial charge is 0.493 e. The number of aryl methyl sites for hydroxylation is 2. The van der Waals surface area contributed by atoms with Gasteiger partial charge >= 0.3 is 5.97 Å². The lowest BCUT2D eigenvalue weighted by Gasteiger charge is -2.12. The molecule has 1 amide bonds. The number of esters is 1. The second kappa shape index (κ2) is 9.99. The molecule has 0 aliphatic heterocycles. The number of amides is 1. The highest BCUT2D eigenvalue weighted by molar-refractivity contribution is 6.30. The van der Waals surface area contributed by atoms with Gasteiger partial charge in [-0.05, 0) is 50.2 Å². The average molecular weight is 445 g/mol. The first kappa shape index (κ1) is 22.2. The number of nitrogens with one attached hydrogen (secondary N) is 1. The summed E-state index contributed by atoms with van der Waals surface area (Å²) in [5, 5.41) is 6.97. The van der Waals surface area contributed by atoms with Crippen LogP contribution in [0.1, 0.15) is 27.4 Å². The Morgan fingerprint density at radius 1 is 1.13 bits per heavy atom. The quantitative estimate of drug-likeness (QED) is 0.516. The molecule has 0 saturated heterocycles. The molecule has 0 atom stereocenters. The Morgan fingerprint density at radius 3 is 2.61 bits per heavy atom. The van der Waals surface area contributed by atoms with Gasteiger partial charge in [-0.25, -0.2) is 4.79 Å². The smallest absolute Gasteiger partial charge is 0.338 e. The van der Waals surface area contributed by atoms with Crippen LogP contribution in [0.15, 0.2) is 47.0 Å². The van der Waals surface area contributed by atoms with Gasteiger partial charge in [0.05, 0.1) is 23.9 Å². The number of hydrogen-bond acceptors (Lipinski definition) is 7. The van der Waals surface area contributed by atoms with Gasteiger partial charge in [0.1, 0.15) is 12.4 Å². The van der Waals surface area contributed by atoms with E-state index in [1.807, 2.05) is 6.92 Å². The Kier molecular flexibility index (Phi) is 7.15. The van der Waals surface area contributed by atoms with Gasteiger partial charge in [0.25, 0.3) is 5.91 Å². The fourth-order valence-electron chi connectivity index (χ4n) is 2.75. The van der Waals surface area contributed by atoms with Gasteiger partial charge in [-0.2, -0.15) is 0 Å². The zero-order valence-electron chi connectivity index (χ0n) is 17.2. The van der Waals surface area contributed by atoms with Gasteiger partial charge in [0.2, 0.25) is 0 Å². The fourth-order valence-corrected chi connectivity index (χ4v) is 2.94. The molecule has 3 rings (SSSR count). The number of benzene rings is 2. The number of rotatable bonds is 8. The third kappa shape index (κ3) is 5.76. The lowest BCUT2D eigenvalue weighted by molar-refractivity contribution is -0.119. The number of aromatic nitrogens is 1. The van der Waals surface area contributed by atoms with Crippen molar-refractivity contribution in [3.05, 3.63) is 70.1 Å². The van der Waals surface area contributed by atoms with Crippen LogP contribution < -0.4 is 14.8 Å². The van der Waals surface area contributed by atoms with E-state index in [4.69, 9.17) is 30.3 Å². The minimum absolute atomic E-state index is 0.220. The molecular formula is C22H21ClN2O6. The van der Waals surface area contributed by atoms with Crippen LogP contribution in [-0.4, -0.2) is 30.7 Å². The maximum absolute atomic E-state index is 12.3. The molecule has 0 aliphatic rings. The Labute approximate surface area is 184 Å². The molecule has 162 valence electrons. The number of carbonyl (C=O) groups is 2. The summed E-state index contributed by atoms with van der Waals surface area (Å²) in [5.74, 6) is 0.314. The molecule has 2 aromatic carbocycles. The second-order valence-corrected chi connectivity index (χ2v) is 7.03. The first-order chi connectivity index (χ1) is 14.9. The first-order valence-electron chi connectivity index (χ1n) is 9.32. The molecule has 0 aliphatic carbocycles. The summed E-state index contributed by atoms with van der Waals surface area (Å²) in [6, 6.07) is 11.3. The van der Waals surface area contributed by atoms with Gasteiger partial charge in [-0.15, -0.1) is 0 Å². The molecule has 1 N–H and O–H groups in total. The maximum atomic E-state index is 12.3. The third-order valence-electron chi connectivity index (χ3n) is 4.40. The number of carbonyl (C=O) groups excluding carboxylic acids is 2. The van der Waals surface area contributed by atoms with E-state index in [0.29, 0.717) is 28.0 Å². The summed E-state index contributed by atoms with van der Waals surface area (Å²) < 4.78 is 21.3. The molecule has 9 heteroatoms. The molecule has 0 fully saturated rings. The number of methoxy groups -OCH3 is 1. The van der Waals surface area contributed by atoms with Crippen LogP contribution in [0.2, 0.25) is 5.02 Å². The van der Waals surface area contributed by atoms with Crippen molar-refractivity contribution in [3.63, 3.8) is 0 Å². The van der Waals surface area contributed by atoms with Gasteiger partial charge in [0, 0.05) is 10.7 Å². The van der Waals surface area contributed by atoms with E-state index in [2.05, 4.69) is 10.5 Å². The van der Waals surface area contributed by atoms with Crippen molar-refractivity contribution in [2.75, 3.05) is 19.0 Å². The van der Waals surface area contributed by atoms with E-state index < -0.39 is 18.5 Å². The normalized spacial score (nSPS) is 10.5. The van der Waals surface area contributed by atoms with Gasteiger partial charge in [-0.1, -0.05) is 22.8 Å². The zero-order chi connectivity index (χ0) is 22.4. The van der Waals surface area contributed by atoms with Crippen LogP contribution in [-0.2, 0) is 16.1 Å². The molecule has 0 bridgehead atoms. The minimum Gasteiger partial charge on any atom is -0.493 e. The van der Waals surface area contributed by atoms with Crippen LogP contribution >= 0.6 is 11.6 Å². The summed E-state index contributed by atoms with van der Waals surface area (Å²) in [6.45, 7) is 3.43. The highest BCUT2D eigenvalue weighted by atomic mass is 35.5. The van der Waals surface area contributed by atoms with Gasteiger partial charge < -0.3 is 24.1 Å². The third-order valence-corrected chi connectivity index (χ3v) is 4.63. The summed E-state index contributed by atoms with van der Waals surface area (Å²) in [5.41, 5.74) is 2.32. The number of nitrogens with zero attached hydrogens (tertiary/aromatic N) is 1. The topological polar surface area (TPSA) is 99.9 Å². The van der Waals surface area contributed by atoms with Gasteiger partial charge in [-0.3, -0.25) is 4.79 Å². The molecular weight excluding hydrogens is 424 g/mol. The van der Waals surface area contributed by atoms with Gasteiger partial charge in [0.15, 0.2) is 18.1 Å². The van der Waals surface area contributed by atoms with Crippen LogP contribution in [0.25, 0.3) is 0 Å².